The summed E-state index contributed by atoms with van der Waals surface area (Å²) < 4.78 is 0. The molecule has 8 aromatic rings. The van der Waals surface area contributed by atoms with E-state index in [0.29, 0.717) is 5.82 Å². The summed E-state index contributed by atoms with van der Waals surface area (Å²) in [6.07, 6.45) is 1.87. The molecule has 6 aromatic carbocycles. The van der Waals surface area contributed by atoms with Crippen LogP contribution in [-0.4, -0.2) is 15.0 Å². The van der Waals surface area contributed by atoms with Gasteiger partial charge in [-0.05, 0) is 63.0 Å². The summed E-state index contributed by atoms with van der Waals surface area (Å²) in [7, 11) is 0. The van der Waals surface area contributed by atoms with Crippen molar-refractivity contribution >= 4 is 32.4 Å². The Labute approximate surface area is 243 Å². The average molecular weight is 536 g/mol. The fourth-order valence-corrected chi connectivity index (χ4v) is 5.72. The van der Waals surface area contributed by atoms with Crippen molar-refractivity contribution in [3.8, 4) is 45.0 Å². The van der Waals surface area contributed by atoms with Gasteiger partial charge in [0.15, 0.2) is 5.82 Å². The van der Waals surface area contributed by atoms with Crippen LogP contribution in [0.4, 0.5) is 0 Å². The maximum absolute atomic E-state index is 5.10. The lowest BCUT2D eigenvalue weighted by atomic mass is 9.99. The number of benzene rings is 6. The molecule has 2 aromatic heterocycles. The van der Waals surface area contributed by atoms with Crippen LogP contribution in [0.1, 0.15) is 0 Å². The van der Waals surface area contributed by atoms with Crippen molar-refractivity contribution in [2.75, 3.05) is 0 Å². The highest BCUT2D eigenvalue weighted by Gasteiger charge is 2.13. The van der Waals surface area contributed by atoms with Gasteiger partial charge in [0.1, 0.15) is 0 Å². The van der Waals surface area contributed by atoms with Gasteiger partial charge in [0.25, 0.3) is 0 Å². The van der Waals surface area contributed by atoms with Crippen LogP contribution in [-0.2, 0) is 0 Å². The third kappa shape index (κ3) is 4.38. The van der Waals surface area contributed by atoms with Gasteiger partial charge >= 0.3 is 0 Å². The van der Waals surface area contributed by atoms with Gasteiger partial charge in [-0.25, -0.2) is 9.97 Å². The molecule has 0 aliphatic rings. The Kier molecular flexibility index (Phi) is 5.79. The Hall–Kier alpha value is -5.67. The molecule has 0 unspecified atom stereocenters. The summed E-state index contributed by atoms with van der Waals surface area (Å²) in [5.41, 5.74) is 8.20. The third-order valence-corrected chi connectivity index (χ3v) is 7.92. The number of rotatable bonds is 4. The lowest BCUT2D eigenvalue weighted by Crippen LogP contribution is -1.96. The van der Waals surface area contributed by atoms with E-state index in [0.717, 1.165) is 50.1 Å². The van der Waals surface area contributed by atoms with Gasteiger partial charge in [0.2, 0.25) is 0 Å². The Morgan fingerprint density at radius 1 is 0.381 bits per heavy atom. The molecule has 42 heavy (non-hydrogen) atoms. The van der Waals surface area contributed by atoms with Crippen LogP contribution in [0.2, 0.25) is 0 Å². The van der Waals surface area contributed by atoms with Crippen LogP contribution < -0.4 is 0 Å². The van der Waals surface area contributed by atoms with E-state index in [9.17, 15) is 0 Å². The van der Waals surface area contributed by atoms with Gasteiger partial charge < -0.3 is 0 Å². The molecule has 0 atom stereocenters. The van der Waals surface area contributed by atoms with E-state index in [1.165, 1.54) is 21.5 Å². The second-order valence-corrected chi connectivity index (χ2v) is 10.5. The van der Waals surface area contributed by atoms with E-state index in [2.05, 4.69) is 138 Å². The van der Waals surface area contributed by atoms with E-state index in [4.69, 9.17) is 9.97 Å². The molecule has 0 fully saturated rings. The molecule has 0 radical (unpaired) electrons. The van der Waals surface area contributed by atoms with Gasteiger partial charge in [-0.15, -0.1) is 0 Å². The third-order valence-electron chi connectivity index (χ3n) is 7.92. The highest BCUT2D eigenvalue weighted by molar-refractivity contribution is 5.94. The first kappa shape index (κ1) is 24.2. The summed E-state index contributed by atoms with van der Waals surface area (Å²) in [6, 6.07) is 50.9. The number of pyridine rings is 1. The fourth-order valence-electron chi connectivity index (χ4n) is 5.72. The minimum atomic E-state index is 0.704. The number of para-hydroxylation sites is 1. The van der Waals surface area contributed by atoms with Crippen molar-refractivity contribution < 1.29 is 0 Å². The van der Waals surface area contributed by atoms with Crippen LogP contribution in [0.3, 0.4) is 0 Å². The summed E-state index contributed by atoms with van der Waals surface area (Å²) in [4.78, 5) is 14.7. The Bertz CT molecular complexity index is 2150. The maximum Gasteiger partial charge on any atom is 0.160 e. The van der Waals surface area contributed by atoms with Crippen molar-refractivity contribution in [1.82, 2.24) is 15.0 Å². The zero-order valence-electron chi connectivity index (χ0n) is 22.8. The summed E-state index contributed by atoms with van der Waals surface area (Å²) in [6.45, 7) is 0. The zero-order valence-corrected chi connectivity index (χ0v) is 22.8. The fraction of sp³-hybridized carbons (Fsp3) is 0. The summed E-state index contributed by atoms with van der Waals surface area (Å²) in [5, 5.41) is 5.95. The molecule has 0 saturated carbocycles. The van der Waals surface area contributed by atoms with E-state index in [1.807, 2.05) is 18.3 Å². The molecule has 2 heterocycles. The quantitative estimate of drug-likeness (QED) is 0.225. The number of hydrogen-bond donors (Lipinski definition) is 0. The molecule has 0 spiro atoms. The van der Waals surface area contributed by atoms with E-state index >= 15 is 0 Å². The van der Waals surface area contributed by atoms with Crippen LogP contribution in [0, 0.1) is 0 Å². The predicted octanol–water partition coefficient (Wildman–Crippen LogP) is 10.00. The minimum absolute atomic E-state index is 0.704. The molecular formula is C39H25N3. The molecule has 8 rings (SSSR count). The van der Waals surface area contributed by atoms with Crippen molar-refractivity contribution in [2.24, 2.45) is 0 Å². The standard InChI is InChI=1S/C39H25N3/c1-3-9-30-23-32(19-13-26(30)7-1)37-25-38(33-20-14-27-8-2-4-10-31(27)24-33)42-39(41-37)29-17-15-28(16-18-29)34-21-22-40-36-12-6-5-11-35(34)36/h1-25H. The van der Waals surface area contributed by atoms with E-state index in [-0.39, 0.29) is 0 Å². The normalized spacial score (nSPS) is 11.3. The summed E-state index contributed by atoms with van der Waals surface area (Å²) >= 11 is 0. The topological polar surface area (TPSA) is 38.7 Å². The zero-order chi connectivity index (χ0) is 27.9. The highest BCUT2D eigenvalue weighted by Crippen LogP contribution is 2.33. The Morgan fingerprint density at radius 2 is 0.905 bits per heavy atom. The second-order valence-electron chi connectivity index (χ2n) is 10.5. The van der Waals surface area contributed by atoms with E-state index < -0.39 is 0 Å². The Balaban J connectivity index is 1.27. The molecule has 0 saturated heterocycles. The SMILES string of the molecule is c1ccc2cc(-c3cc(-c4ccc5ccccc5c4)nc(-c4ccc(-c5ccnc6ccccc56)cc4)n3)ccc2c1. The average Bonchev–Trinajstić information content (AvgIpc) is 3.07. The molecule has 196 valence electrons. The minimum Gasteiger partial charge on any atom is -0.256 e. The number of aromatic nitrogens is 3. The lowest BCUT2D eigenvalue weighted by molar-refractivity contribution is 1.18. The van der Waals surface area contributed by atoms with Crippen LogP contribution >= 0.6 is 0 Å². The van der Waals surface area contributed by atoms with Crippen molar-refractivity contribution in [2.45, 2.75) is 0 Å². The first-order valence-corrected chi connectivity index (χ1v) is 14.1. The molecular weight excluding hydrogens is 510 g/mol. The van der Waals surface area contributed by atoms with Crippen molar-refractivity contribution in [3.63, 3.8) is 0 Å². The van der Waals surface area contributed by atoms with E-state index in [1.54, 1.807) is 0 Å². The van der Waals surface area contributed by atoms with Crippen molar-refractivity contribution in [1.29, 1.82) is 0 Å². The van der Waals surface area contributed by atoms with Crippen LogP contribution in [0.5, 0.6) is 0 Å². The molecule has 0 N–H and O–H groups in total. The summed E-state index contributed by atoms with van der Waals surface area (Å²) in [5.74, 6) is 0.704. The van der Waals surface area contributed by atoms with Crippen LogP contribution in [0.25, 0.3) is 77.5 Å². The van der Waals surface area contributed by atoms with Gasteiger partial charge in [0, 0.05) is 28.3 Å². The molecule has 0 aliphatic carbocycles. The number of fused-ring (bicyclic) bond motifs is 3. The lowest BCUT2D eigenvalue weighted by Gasteiger charge is -2.11. The molecule has 0 bridgehead atoms. The molecule has 3 heteroatoms. The molecule has 0 amide bonds. The molecule has 0 aliphatic heterocycles. The monoisotopic (exact) mass is 535 g/mol. The van der Waals surface area contributed by atoms with Gasteiger partial charge in [-0.2, -0.15) is 0 Å². The smallest absolute Gasteiger partial charge is 0.160 e. The Morgan fingerprint density at radius 3 is 1.55 bits per heavy atom. The maximum atomic E-state index is 5.10. The van der Waals surface area contributed by atoms with Gasteiger partial charge in [-0.1, -0.05) is 115 Å². The largest absolute Gasteiger partial charge is 0.256 e. The van der Waals surface area contributed by atoms with Gasteiger partial charge in [0.05, 0.1) is 16.9 Å². The number of hydrogen-bond acceptors (Lipinski definition) is 3. The number of nitrogens with zero attached hydrogens (tertiary/aromatic N) is 3. The van der Waals surface area contributed by atoms with Gasteiger partial charge in [-0.3, -0.25) is 4.98 Å². The van der Waals surface area contributed by atoms with Crippen molar-refractivity contribution in [3.05, 3.63) is 152 Å². The molecule has 3 nitrogen and oxygen atoms in total. The first-order valence-electron chi connectivity index (χ1n) is 14.1. The highest BCUT2D eigenvalue weighted by atomic mass is 14.9. The predicted molar refractivity (Wildman–Crippen MR) is 174 cm³/mol. The first-order chi connectivity index (χ1) is 20.8. The van der Waals surface area contributed by atoms with Crippen LogP contribution in [0.15, 0.2) is 152 Å². The second kappa shape index (κ2) is 10.1.